The molecule has 2 heterocycles. The van der Waals surface area contributed by atoms with Gasteiger partial charge in [0.15, 0.2) is 0 Å². The van der Waals surface area contributed by atoms with Crippen LogP contribution in [0.2, 0.25) is 0 Å². The van der Waals surface area contributed by atoms with Gasteiger partial charge < -0.3 is 10.7 Å². The van der Waals surface area contributed by atoms with Crippen molar-refractivity contribution in [2.45, 2.75) is 10.6 Å². The Morgan fingerprint density at radius 1 is 1.20 bits per heavy atom. The number of thioether (sulfide) groups is 1. The molecule has 6 heteroatoms. The number of hydrogen-bond acceptors (Lipinski definition) is 5. The molecule has 100 valence electrons. The van der Waals surface area contributed by atoms with E-state index in [9.17, 15) is 4.79 Å². The number of aromatic amines is 1. The normalized spacial score (nSPS) is 10.8. The van der Waals surface area contributed by atoms with Gasteiger partial charge in [0.1, 0.15) is 11.5 Å². The van der Waals surface area contributed by atoms with Crippen LogP contribution >= 0.6 is 11.8 Å². The summed E-state index contributed by atoms with van der Waals surface area (Å²) in [6.45, 7) is 0. The number of pyridine rings is 1. The number of aromatic nitrogens is 3. The lowest BCUT2D eigenvalue weighted by molar-refractivity contribution is 1.10. The Balaban J connectivity index is 1.85. The van der Waals surface area contributed by atoms with Crippen molar-refractivity contribution in [2.24, 2.45) is 0 Å². The molecule has 0 radical (unpaired) electrons. The minimum atomic E-state index is -0.153. The lowest BCUT2D eigenvalue weighted by Gasteiger charge is -2.03. The second-order valence-electron chi connectivity index (χ2n) is 4.24. The maximum atomic E-state index is 11.9. The van der Waals surface area contributed by atoms with Gasteiger partial charge in [0.25, 0.3) is 5.56 Å². The number of nitrogen functional groups attached to an aromatic ring is 1. The van der Waals surface area contributed by atoms with Crippen LogP contribution in [0.25, 0.3) is 11.0 Å². The van der Waals surface area contributed by atoms with E-state index in [2.05, 4.69) is 15.0 Å². The van der Waals surface area contributed by atoms with Gasteiger partial charge in [-0.3, -0.25) is 4.79 Å². The number of nitrogens with two attached hydrogens (primary N) is 1. The number of nitrogens with one attached hydrogen (secondary N) is 1. The lowest BCUT2D eigenvalue weighted by atomic mass is 10.3. The molecule has 3 aromatic rings. The van der Waals surface area contributed by atoms with Gasteiger partial charge >= 0.3 is 0 Å². The summed E-state index contributed by atoms with van der Waals surface area (Å²) in [7, 11) is 0. The second-order valence-corrected chi connectivity index (χ2v) is 5.29. The number of rotatable bonds is 3. The molecule has 0 aliphatic carbocycles. The second kappa shape index (κ2) is 5.34. The molecule has 0 unspecified atom stereocenters. The first-order valence-corrected chi connectivity index (χ1v) is 7.03. The zero-order valence-corrected chi connectivity index (χ0v) is 11.4. The number of hydrogen-bond donors (Lipinski definition) is 2. The van der Waals surface area contributed by atoms with Gasteiger partial charge in [-0.15, -0.1) is 11.8 Å². The molecule has 0 aliphatic heterocycles. The van der Waals surface area contributed by atoms with E-state index in [1.165, 1.54) is 11.8 Å². The smallest absolute Gasteiger partial charge is 0.271 e. The molecule has 2 aromatic heterocycles. The van der Waals surface area contributed by atoms with Crippen molar-refractivity contribution >= 4 is 28.6 Å². The SMILES string of the molecule is Nc1ccc(SCc2nc3ccccc3[nH]c2=O)cn1. The third-order valence-corrected chi connectivity index (χ3v) is 3.80. The maximum Gasteiger partial charge on any atom is 0.271 e. The Morgan fingerprint density at radius 2 is 2.05 bits per heavy atom. The average molecular weight is 284 g/mol. The fraction of sp³-hybridized carbons (Fsp3) is 0.0714. The van der Waals surface area contributed by atoms with Crippen molar-refractivity contribution < 1.29 is 0 Å². The van der Waals surface area contributed by atoms with E-state index in [1.807, 2.05) is 30.3 Å². The van der Waals surface area contributed by atoms with Crippen molar-refractivity contribution in [2.75, 3.05) is 5.73 Å². The molecule has 3 N–H and O–H groups in total. The highest BCUT2D eigenvalue weighted by atomic mass is 32.2. The molecule has 0 saturated carbocycles. The van der Waals surface area contributed by atoms with E-state index in [0.717, 1.165) is 15.9 Å². The van der Waals surface area contributed by atoms with E-state index in [1.54, 1.807) is 12.3 Å². The Labute approximate surface area is 119 Å². The van der Waals surface area contributed by atoms with Crippen LogP contribution in [0.3, 0.4) is 0 Å². The van der Waals surface area contributed by atoms with E-state index in [4.69, 9.17) is 5.73 Å². The highest BCUT2D eigenvalue weighted by Gasteiger charge is 2.05. The number of H-pyrrole nitrogens is 1. The Hall–Kier alpha value is -2.34. The average Bonchev–Trinajstić information content (AvgIpc) is 2.47. The number of anilines is 1. The summed E-state index contributed by atoms with van der Waals surface area (Å²) < 4.78 is 0. The lowest BCUT2D eigenvalue weighted by Crippen LogP contribution is -2.14. The maximum absolute atomic E-state index is 11.9. The molecule has 5 nitrogen and oxygen atoms in total. The molecule has 0 atom stereocenters. The van der Waals surface area contributed by atoms with Gasteiger partial charge in [-0.1, -0.05) is 12.1 Å². The largest absolute Gasteiger partial charge is 0.384 e. The topological polar surface area (TPSA) is 84.7 Å². The Morgan fingerprint density at radius 3 is 2.85 bits per heavy atom. The van der Waals surface area contributed by atoms with Gasteiger partial charge in [0.05, 0.1) is 11.0 Å². The standard InChI is InChI=1S/C14H12N4OS/c15-13-6-5-9(7-16-13)20-8-12-14(19)18-11-4-2-1-3-10(11)17-12/h1-7H,8H2,(H2,15,16)(H,18,19). The molecule has 0 bridgehead atoms. The van der Waals surface area contributed by atoms with Crippen LogP contribution in [0, 0.1) is 0 Å². The van der Waals surface area contributed by atoms with Crippen molar-refractivity contribution in [1.82, 2.24) is 15.0 Å². The Kier molecular flexibility index (Phi) is 3.39. The Bertz CT molecular complexity index is 798. The molecule has 0 aliphatic rings. The van der Waals surface area contributed by atoms with Crippen LogP contribution in [0.4, 0.5) is 5.82 Å². The van der Waals surface area contributed by atoms with Crippen molar-refractivity contribution in [1.29, 1.82) is 0 Å². The number of fused-ring (bicyclic) bond motifs is 1. The fourth-order valence-corrected chi connectivity index (χ4v) is 2.58. The minimum Gasteiger partial charge on any atom is -0.384 e. The summed E-state index contributed by atoms with van der Waals surface area (Å²) in [5.74, 6) is 0.974. The molecule has 20 heavy (non-hydrogen) atoms. The minimum absolute atomic E-state index is 0.153. The van der Waals surface area contributed by atoms with E-state index in [-0.39, 0.29) is 5.56 Å². The number of benzene rings is 1. The molecule has 0 spiro atoms. The van der Waals surface area contributed by atoms with Crippen LogP contribution in [-0.2, 0) is 5.75 Å². The summed E-state index contributed by atoms with van der Waals surface area (Å²) in [6.07, 6.45) is 1.69. The van der Waals surface area contributed by atoms with Crippen molar-refractivity contribution in [3.63, 3.8) is 0 Å². The molecule has 0 amide bonds. The van der Waals surface area contributed by atoms with Gasteiger partial charge in [-0.25, -0.2) is 9.97 Å². The third kappa shape index (κ3) is 2.65. The molecule has 0 saturated heterocycles. The molecular formula is C14H12N4OS. The predicted molar refractivity (Wildman–Crippen MR) is 80.6 cm³/mol. The van der Waals surface area contributed by atoms with Crippen molar-refractivity contribution in [3.05, 3.63) is 58.6 Å². The summed E-state index contributed by atoms with van der Waals surface area (Å²) in [5.41, 5.74) is 7.42. The summed E-state index contributed by atoms with van der Waals surface area (Å²) >= 11 is 1.50. The first kappa shape index (κ1) is 12.7. The quantitative estimate of drug-likeness (QED) is 0.720. The van der Waals surface area contributed by atoms with Gasteiger partial charge in [0, 0.05) is 16.8 Å². The summed E-state index contributed by atoms with van der Waals surface area (Å²) in [4.78, 5) is 24.1. The van der Waals surface area contributed by atoms with Crippen LogP contribution in [0.1, 0.15) is 5.69 Å². The van der Waals surface area contributed by atoms with Crippen molar-refractivity contribution in [3.8, 4) is 0 Å². The predicted octanol–water partition coefficient (Wildman–Crippen LogP) is 2.19. The van der Waals surface area contributed by atoms with Crippen LogP contribution in [0.5, 0.6) is 0 Å². The highest BCUT2D eigenvalue weighted by Crippen LogP contribution is 2.20. The van der Waals surface area contributed by atoms with Gasteiger partial charge in [-0.2, -0.15) is 0 Å². The first-order chi connectivity index (χ1) is 9.72. The van der Waals surface area contributed by atoms with Gasteiger partial charge in [0.2, 0.25) is 0 Å². The molecule has 3 rings (SSSR count). The zero-order chi connectivity index (χ0) is 13.9. The van der Waals surface area contributed by atoms with Crippen LogP contribution in [0.15, 0.2) is 52.3 Å². The number of nitrogens with zero attached hydrogens (tertiary/aromatic N) is 2. The first-order valence-electron chi connectivity index (χ1n) is 6.04. The van der Waals surface area contributed by atoms with E-state index < -0.39 is 0 Å². The van der Waals surface area contributed by atoms with Crippen LogP contribution < -0.4 is 11.3 Å². The number of para-hydroxylation sites is 2. The zero-order valence-electron chi connectivity index (χ0n) is 10.5. The third-order valence-electron chi connectivity index (χ3n) is 2.80. The molecule has 1 aromatic carbocycles. The fourth-order valence-electron chi connectivity index (χ4n) is 1.79. The molecule has 0 fully saturated rings. The van der Waals surface area contributed by atoms with Crippen LogP contribution in [-0.4, -0.2) is 15.0 Å². The summed E-state index contributed by atoms with van der Waals surface area (Å²) in [5, 5.41) is 0. The molecular weight excluding hydrogens is 272 g/mol. The van der Waals surface area contributed by atoms with Gasteiger partial charge in [-0.05, 0) is 24.3 Å². The highest BCUT2D eigenvalue weighted by molar-refractivity contribution is 7.98. The van der Waals surface area contributed by atoms with E-state index >= 15 is 0 Å². The monoisotopic (exact) mass is 284 g/mol. The van der Waals surface area contributed by atoms with E-state index in [0.29, 0.717) is 17.3 Å². The summed E-state index contributed by atoms with van der Waals surface area (Å²) in [6, 6.07) is 11.1.